The summed E-state index contributed by atoms with van der Waals surface area (Å²) < 4.78 is 0. The van der Waals surface area contributed by atoms with Crippen LogP contribution in [0.3, 0.4) is 0 Å². The molecule has 2 atom stereocenters. The maximum atomic E-state index is 9.31. The van der Waals surface area contributed by atoms with Gasteiger partial charge in [-0.25, -0.2) is 0 Å². The molecule has 1 N–H and O–H groups in total. The number of rotatable bonds is 3. The maximum absolute atomic E-state index is 9.31. The molecule has 0 saturated carbocycles. The maximum Gasteiger partial charge on any atom is 0.0726 e. The number of aliphatic hydroxyl groups excluding tert-OH is 1. The van der Waals surface area contributed by atoms with Crippen LogP contribution in [-0.4, -0.2) is 39.2 Å². The van der Waals surface area contributed by atoms with Crippen LogP contribution in [-0.2, 0) is 6.54 Å². The Morgan fingerprint density at radius 2 is 2.40 bits per heavy atom. The van der Waals surface area contributed by atoms with Crippen molar-refractivity contribution in [2.75, 3.05) is 13.2 Å². The first-order valence-electron chi connectivity index (χ1n) is 5.41. The summed E-state index contributed by atoms with van der Waals surface area (Å²) in [5.41, 5.74) is 0.977. The van der Waals surface area contributed by atoms with Crippen LogP contribution in [0.4, 0.5) is 0 Å². The molecule has 1 aromatic heterocycles. The summed E-state index contributed by atoms with van der Waals surface area (Å²) in [6.45, 7) is 4.27. The van der Waals surface area contributed by atoms with E-state index >= 15 is 0 Å². The van der Waals surface area contributed by atoms with Crippen LogP contribution < -0.4 is 0 Å². The van der Waals surface area contributed by atoms with Crippen molar-refractivity contribution in [1.82, 2.24) is 14.9 Å². The van der Waals surface area contributed by atoms with Gasteiger partial charge in [0.25, 0.3) is 0 Å². The number of aliphatic hydroxyl groups is 1. The Morgan fingerprint density at radius 3 is 3.07 bits per heavy atom. The fourth-order valence-electron chi connectivity index (χ4n) is 2.20. The molecular formula is C11H17N3O. The van der Waals surface area contributed by atoms with Crippen molar-refractivity contribution in [3.63, 3.8) is 0 Å². The molecule has 15 heavy (non-hydrogen) atoms. The average molecular weight is 207 g/mol. The van der Waals surface area contributed by atoms with Gasteiger partial charge in [0.2, 0.25) is 0 Å². The van der Waals surface area contributed by atoms with Gasteiger partial charge in [-0.15, -0.1) is 0 Å². The van der Waals surface area contributed by atoms with Crippen molar-refractivity contribution in [3.8, 4) is 0 Å². The van der Waals surface area contributed by atoms with Crippen LogP contribution in [0.2, 0.25) is 0 Å². The fraction of sp³-hybridized carbons (Fsp3) is 0.636. The smallest absolute Gasteiger partial charge is 0.0726 e. The summed E-state index contributed by atoms with van der Waals surface area (Å²) in [7, 11) is 0. The summed E-state index contributed by atoms with van der Waals surface area (Å²) in [4.78, 5) is 10.6. The highest BCUT2D eigenvalue weighted by Gasteiger charge is 2.30. The molecule has 0 radical (unpaired) electrons. The molecule has 0 amide bonds. The first-order valence-corrected chi connectivity index (χ1v) is 5.41. The lowest BCUT2D eigenvalue weighted by molar-refractivity contribution is 0.133. The topological polar surface area (TPSA) is 49.2 Å². The highest BCUT2D eigenvalue weighted by molar-refractivity contribution is 4.97. The van der Waals surface area contributed by atoms with Crippen molar-refractivity contribution in [2.24, 2.45) is 5.92 Å². The van der Waals surface area contributed by atoms with Crippen LogP contribution in [0.15, 0.2) is 18.6 Å². The fourth-order valence-corrected chi connectivity index (χ4v) is 2.20. The zero-order valence-corrected chi connectivity index (χ0v) is 9.00. The quantitative estimate of drug-likeness (QED) is 0.792. The van der Waals surface area contributed by atoms with Crippen molar-refractivity contribution in [2.45, 2.75) is 25.9 Å². The lowest BCUT2D eigenvalue weighted by Gasteiger charge is -2.24. The number of hydrogen-bond donors (Lipinski definition) is 1. The third kappa shape index (κ3) is 2.33. The molecule has 4 heteroatoms. The van der Waals surface area contributed by atoms with E-state index in [9.17, 15) is 5.11 Å². The minimum Gasteiger partial charge on any atom is -0.395 e. The van der Waals surface area contributed by atoms with Crippen LogP contribution in [0, 0.1) is 5.92 Å². The lowest BCUT2D eigenvalue weighted by Crippen LogP contribution is -2.34. The van der Waals surface area contributed by atoms with Gasteiger partial charge in [-0.2, -0.15) is 0 Å². The minimum atomic E-state index is 0.238. The number of likely N-dealkylation sites (tertiary alicyclic amines) is 1. The Labute approximate surface area is 90.0 Å². The molecule has 1 saturated heterocycles. The molecule has 0 aliphatic carbocycles. The molecule has 4 nitrogen and oxygen atoms in total. The van der Waals surface area contributed by atoms with Crippen LogP contribution >= 0.6 is 0 Å². The van der Waals surface area contributed by atoms with Gasteiger partial charge in [-0.1, -0.05) is 6.92 Å². The zero-order chi connectivity index (χ0) is 10.7. The second kappa shape index (κ2) is 4.68. The molecule has 0 aromatic carbocycles. The van der Waals surface area contributed by atoms with Gasteiger partial charge in [0.15, 0.2) is 0 Å². The van der Waals surface area contributed by atoms with Gasteiger partial charge in [0.05, 0.1) is 12.3 Å². The SMILES string of the molecule is CC1CCN(Cc2cnccn2)C1CO. The Hall–Kier alpha value is -1.00. The predicted molar refractivity (Wildman–Crippen MR) is 57.1 cm³/mol. The normalized spacial score (nSPS) is 27.1. The minimum absolute atomic E-state index is 0.238. The molecule has 2 rings (SSSR count). The number of aromatic nitrogens is 2. The van der Waals surface area contributed by atoms with E-state index in [1.54, 1.807) is 18.6 Å². The highest BCUT2D eigenvalue weighted by atomic mass is 16.3. The molecule has 2 unspecified atom stereocenters. The molecular weight excluding hydrogens is 190 g/mol. The van der Waals surface area contributed by atoms with Crippen LogP contribution in [0.5, 0.6) is 0 Å². The van der Waals surface area contributed by atoms with E-state index in [1.165, 1.54) is 0 Å². The van der Waals surface area contributed by atoms with E-state index in [2.05, 4.69) is 21.8 Å². The Bertz CT molecular complexity index is 304. The molecule has 82 valence electrons. The second-order valence-corrected chi connectivity index (χ2v) is 4.18. The van der Waals surface area contributed by atoms with Crippen molar-refractivity contribution >= 4 is 0 Å². The highest BCUT2D eigenvalue weighted by Crippen LogP contribution is 2.24. The summed E-state index contributed by atoms with van der Waals surface area (Å²) >= 11 is 0. The van der Waals surface area contributed by atoms with E-state index in [1.807, 2.05) is 0 Å². The Balaban J connectivity index is 2.00. The van der Waals surface area contributed by atoms with E-state index in [4.69, 9.17) is 0 Å². The van der Waals surface area contributed by atoms with E-state index in [0.29, 0.717) is 5.92 Å². The summed E-state index contributed by atoms with van der Waals surface area (Å²) in [6.07, 6.45) is 6.34. The number of nitrogens with zero attached hydrogens (tertiary/aromatic N) is 3. The molecule has 1 aliphatic heterocycles. The van der Waals surface area contributed by atoms with Crippen LogP contribution in [0.1, 0.15) is 19.0 Å². The summed E-state index contributed by atoms with van der Waals surface area (Å²) in [5, 5.41) is 9.31. The lowest BCUT2D eigenvalue weighted by atomic mass is 10.0. The molecule has 0 spiro atoms. The summed E-state index contributed by atoms with van der Waals surface area (Å²) in [5.74, 6) is 0.576. The van der Waals surface area contributed by atoms with Crippen LogP contribution in [0.25, 0.3) is 0 Å². The van der Waals surface area contributed by atoms with Crippen molar-refractivity contribution in [3.05, 3.63) is 24.3 Å². The van der Waals surface area contributed by atoms with Gasteiger partial charge in [-0.3, -0.25) is 14.9 Å². The third-order valence-electron chi connectivity index (χ3n) is 3.17. The van der Waals surface area contributed by atoms with Gasteiger partial charge in [-0.05, 0) is 18.9 Å². The second-order valence-electron chi connectivity index (χ2n) is 4.18. The first-order chi connectivity index (χ1) is 7.31. The molecule has 1 aromatic rings. The molecule has 1 aliphatic rings. The van der Waals surface area contributed by atoms with E-state index in [-0.39, 0.29) is 12.6 Å². The first kappa shape index (κ1) is 10.5. The average Bonchev–Trinajstić information content (AvgIpc) is 2.61. The Morgan fingerprint density at radius 1 is 1.53 bits per heavy atom. The molecule has 1 fully saturated rings. The largest absolute Gasteiger partial charge is 0.395 e. The predicted octanol–water partition coefficient (Wildman–Crippen LogP) is 0.679. The van der Waals surface area contributed by atoms with Crippen molar-refractivity contribution in [1.29, 1.82) is 0 Å². The van der Waals surface area contributed by atoms with E-state index < -0.39 is 0 Å². The van der Waals surface area contributed by atoms with Gasteiger partial charge < -0.3 is 5.11 Å². The zero-order valence-electron chi connectivity index (χ0n) is 9.00. The molecule has 0 bridgehead atoms. The van der Waals surface area contributed by atoms with Crippen molar-refractivity contribution < 1.29 is 5.11 Å². The summed E-state index contributed by atoms with van der Waals surface area (Å²) in [6, 6.07) is 0.284. The van der Waals surface area contributed by atoms with Gasteiger partial charge in [0.1, 0.15) is 0 Å². The standard InChI is InChI=1S/C11H17N3O/c1-9-2-5-14(11(9)8-15)7-10-6-12-3-4-13-10/h3-4,6,9,11,15H,2,5,7-8H2,1H3. The van der Waals surface area contributed by atoms with Gasteiger partial charge in [0, 0.05) is 31.2 Å². The Kier molecular flexibility index (Phi) is 3.28. The van der Waals surface area contributed by atoms with E-state index in [0.717, 1.165) is 25.2 Å². The molecule has 2 heterocycles. The number of hydrogen-bond acceptors (Lipinski definition) is 4. The third-order valence-corrected chi connectivity index (χ3v) is 3.17. The van der Waals surface area contributed by atoms with Gasteiger partial charge >= 0.3 is 0 Å². The monoisotopic (exact) mass is 207 g/mol.